The summed E-state index contributed by atoms with van der Waals surface area (Å²) in [7, 11) is 0. The van der Waals surface area contributed by atoms with Gasteiger partial charge >= 0.3 is 5.97 Å². The lowest BCUT2D eigenvalue weighted by Gasteiger charge is -2.01. The fourth-order valence-electron chi connectivity index (χ4n) is 1.80. The number of hydrogen-bond donors (Lipinski definition) is 1. The highest BCUT2D eigenvalue weighted by atomic mass is 35.5. The van der Waals surface area contributed by atoms with E-state index in [-0.39, 0.29) is 5.56 Å². The Morgan fingerprint density at radius 3 is 2.85 bits per heavy atom. The van der Waals surface area contributed by atoms with E-state index in [0.29, 0.717) is 33.1 Å². The molecule has 0 aliphatic carbocycles. The van der Waals surface area contributed by atoms with Crippen molar-refractivity contribution in [2.45, 2.75) is 32.6 Å². The molecule has 0 bridgehead atoms. The number of aromatic amines is 1. The highest BCUT2D eigenvalue weighted by molar-refractivity contribution is 7.20. The highest BCUT2D eigenvalue weighted by Crippen LogP contribution is 2.28. The molecule has 2 rings (SSSR count). The van der Waals surface area contributed by atoms with Gasteiger partial charge in [0.1, 0.15) is 15.5 Å². The van der Waals surface area contributed by atoms with Crippen LogP contribution in [0.2, 0.25) is 0 Å². The summed E-state index contributed by atoms with van der Waals surface area (Å²) in [5, 5.41) is 0.0320. The van der Waals surface area contributed by atoms with Gasteiger partial charge < -0.3 is 9.72 Å². The summed E-state index contributed by atoms with van der Waals surface area (Å²) >= 11 is 7.10. The molecule has 5 nitrogen and oxygen atoms in total. The van der Waals surface area contributed by atoms with Crippen molar-refractivity contribution in [2.75, 3.05) is 6.61 Å². The van der Waals surface area contributed by atoms with Gasteiger partial charge in [-0.1, -0.05) is 6.92 Å². The fourth-order valence-corrected chi connectivity index (χ4v) is 2.99. The van der Waals surface area contributed by atoms with E-state index in [0.717, 1.165) is 17.8 Å². The average molecular weight is 315 g/mol. The molecular weight excluding hydrogens is 300 g/mol. The molecule has 2 aromatic rings. The minimum Gasteiger partial charge on any atom is -0.462 e. The van der Waals surface area contributed by atoms with Gasteiger partial charge in [-0.25, -0.2) is 9.78 Å². The molecule has 0 saturated carbocycles. The second-order valence-corrected chi connectivity index (χ2v) is 6.09. The van der Waals surface area contributed by atoms with Gasteiger partial charge in [0, 0.05) is 0 Å². The third-order valence-corrected chi connectivity index (χ3v) is 4.19. The fraction of sp³-hybridized carbons (Fsp3) is 0.462. The summed E-state index contributed by atoms with van der Waals surface area (Å²) in [5.41, 5.74) is 0.328. The van der Waals surface area contributed by atoms with Crippen LogP contribution >= 0.6 is 22.9 Å². The van der Waals surface area contributed by atoms with E-state index in [4.69, 9.17) is 16.3 Å². The Labute approximate surface area is 124 Å². The number of halogens is 1. The molecule has 0 fully saturated rings. The Hall–Kier alpha value is -1.40. The van der Waals surface area contributed by atoms with Crippen molar-refractivity contribution in [1.29, 1.82) is 0 Å². The van der Waals surface area contributed by atoms with Crippen LogP contribution in [0.3, 0.4) is 0 Å². The first-order valence-electron chi connectivity index (χ1n) is 6.30. The number of rotatable bonds is 4. The Morgan fingerprint density at radius 1 is 1.55 bits per heavy atom. The third-order valence-electron chi connectivity index (χ3n) is 2.82. The van der Waals surface area contributed by atoms with Crippen molar-refractivity contribution in [3.05, 3.63) is 26.6 Å². The summed E-state index contributed by atoms with van der Waals surface area (Å²) in [4.78, 5) is 31.9. The quantitative estimate of drug-likeness (QED) is 0.695. The largest absolute Gasteiger partial charge is 0.462 e. The van der Waals surface area contributed by atoms with Crippen molar-refractivity contribution in [3.63, 3.8) is 0 Å². The highest BCUT2D eigenvalue weighted by Gasteiger charge is 2.20. The molecule has 0 amide bonds. The van der Waals surface area contributed by atoms with E-state index < -0.39 is 11.3 Å². The van der Waals surface area contributed by atoms with Gasteiger partial charge in [-0.15, -0.1) is 22.9 Å². The van der Waals surface area contributed by atoms with Gasteiger partial charge in [-0.05, 0) is 25.8 Å². The first-order valence-corrected chi connectivity index (χ1v) is 7.55. The number of esters is 1. The number of aryl methyl sites for hydroxylation is 1. The molecule has 20 heavy (non-hydrogen) atoms. The molecule has 2 aromatic heterocycles. The van der Waals surface area contributed by atoms with E-state index in [1.54, 1.807) is 13.8 Å². The van der Waals surface area contributed by atoms with Crippen LogP contribution in [-0.4, -0.2) is 22.5 Å². The summed E-state index contributed by atoms with van der Waals surface area (Å²) < 4.78 is 5.11. The molecule has 0 radical (unpaired) electrons. The Bertz CT molecular complexity index is 705. The maximum absolute atomic E-state index is 12.1. The molecule has 1 N–H and O–H groups in total. The van der Waals surface area contributed by atoms with Crippen molar-refractivity contribution in [2.24, 2.45) is 0 Å². The lowest BCUT2D eigenvalue weighted by Crippen LogP contribution is -2.12. The summed E-state index contributed by atoms with van der Waals surface area (Å²) in [6.07, 6.45) is 0.752. The zero-order valence-corrected chi connectivity index (χ0v) is 13.0. The van der Waals surface area contributed by atoms with E-state index in [1.807, 2.05) is 6.92 Å². The van der Waals surface area contributed by atoms with Gasteiger partial charge in [-0.3, -0.25) is 4.79 Å². The number of fused-ring (bicyclic) bond motifs is 1. The zero-order chi connectivity index (χ0) is 14.9. The molecule has 0 aliphatic rings. The molecule has 0 saturated heterocycles. The van der Waals surface area contributed by atoms with E-state index in [2.05, 4.69) is 9.97 Å². The summed E-state index contributed by atoms with van der Waals surface area (Å²) in [6, 6.07) is 0. The molecular formula is C13H15ClN2O3S. The number of hydrogen-bond acceptors (Lipinski definition) is 5. The van der Waals surface area contributed by atoms with Crippen LogP contribution in [0, 0.1) is 6.92 Å². The number of carbonyl (C=O) groups excluding carboxylic acids is 1. The first-order chi connectivity index (χ1) is 9.45. The molecule has 0 spiro atoms. The lowest BCUT2D eigenvalue weighted by molar-refractivity contribution is 0.0510. The predicted molar refractivity (Wildman–Crippen MR) is 79.8 cm³/mol. The van der Waals surface area contributed by atoms with Crippen molar-refractivity contribution >= 4 is 39.1 Å². The number of carbonyl (C=O) groups is 1. The maximum Gasteiger partial charge on any atom is 0.348 e. The smallest absolute Gasteiger partial charge is 0.348 e. The number of aromatic nitrogens is 2. The Morgan fingerprint density at radius 2 is 2.25 bits per heavy atom. The van der Waals surface area contributed by atoms with Gasteiger partial charge in [0.05, 0.1) is 17.4 Å². The average Bonchev–Trinajstić information content (AvgIpc) is 2.73. The maximum atomic E-state index is 12.1. The molecule has 108 valence electrons. The van der Waals surface area contributed by atoms with Crippen LogP contribution in [0.5, 0.6) is 0 Å². The van der Waals surface area contributed by atoms with Gasteiger partial charge in [0.25, 0.3) is 5.56 Å². The minimum absolute atomic E-state index is 0.277. The van der Waals surface area contributed by atoms with E-state index in [1.165, 1.54) is 0 Å². The second kappa shape index (κ2) is 5.93. The van der Waals surface area contributed by atoms with Crippen LogP contribution in [0.4, 0.5) is 0 Å². The monoisotopic (exact) mass is 314 g/mol. The number of thiophene rings is 1. The van der Waals surface area contributed by atoms with Gasteiger partial charge in [0.2, 0.25) is 0 Å². The summed E-state index contributed by atoms with van der Waals surface area (Å²) in [5.74, 6) is -0.00823. The van der Waals surface area contributed by atoms with Crippen molar-refractivity contribution in [1.82, 2.24) is 9.97 Å². The van der Waals surface area contributed by atoms with Gasteiger partial charge in [0.15, 0.2) is 0 Å². The first kappa shape index (κ1) is 15.0. The molecule has 2 heterocycles. The normalized spacial score (nSPS) is 12.6. The number of ether oxygens (including phenoxy) is 1. The van der Waals surface area contributed by atoms with Crippen LogP contribution in [0.1, 0.15) is 46.7 Å². The van der Waals surface area contributed by atoms with Crippen LogP contribution < -0.4 is 5.56 Å². The SMILES string of the molecule is CCCOC(=O)c1sc2nc(C(C)Cl)[nH]c(=O)c2c1C. The van der Waals surface area contributed by atoms with E-state index in [9.17, 15) is 9.59 Å². The Balaban J connectivity index is 2.55. The van der Waals surface area contributed by atoms with Crippen molar-refractivity contribution < 1.29 is 9.53 Å². The minimum atomic E-state index is -0.410. The number of H-pyrrole nitrogens is 1. The van der Waals surface area contributed by atoms with Gasteiger partial charge in [-0.2, -0.15) is 0 Å². The number of nitrogens with one attached hydrogen (secondary N) is 1. The van der Waals surface area contributed by atoms with E-state index >= 15 is 0 Å². The molecule has 0 aliphatic heterocycles. The Kier molecular flexibility index (Phi) is 4.45. The molecule has 7 heteroatoms. The summed E-state index contributed by atoms with van der Waals surface area (Å²) in [6.45, 7) is 5.73. The standard InChI is InChI=1S/C13H15ClN2O3S/c1-4-5-19-13(18)9-6(2)8-11(17)15-10(7(3)14)16-12(8)20-9/h7H,4-5H2,1-3H3,(H,15,16,17). The molecule has 0 aromatic carbocycles. The van der Waals surface area contributed by atoms with Crippen LogP contribution in [0.15, 0.2) is 4.79 Å². The zero-order valence-electron chi connectivity index (χ0n) is 11.4. The predicted octanol–water partition coefficient (Wildman–Crippen LogP) is 3.16. The van der Waals surface area contributed by atoms with Crippen molar-refractivity contribution in [3.8, 4) is 0 Å². The topological polar surface area (TPSA) is 72.0 Å². The van der Waals surface area contributed by atoms with Crippen LogP contribution in [-0.2, 0) is 4.74 Å². The number of alkyl halides is 1. The lowest BCUT2D eigenvalue weighted by atomic mass is 10.2. The number of nitrogens with zero attached hydrogens (tertiary/aromatic N) is 1. The van der Waals surface area contributed by atoms with Crippen LogP contribution in [0.25, 0.3) is 10.2 Å². The molecule has 1 unspecified atom stereocenters. The third kappa shape index (κ3) is 2.71. The molecule has 1 atom stereocenters. The second-order valence-electron chi connectivity index (χ2n) is 4.44.